The van der Waals surface area contributed by atoms with Gasteiger partial charge in [-0.05, 0) is 22.7 Å². The van der Waals surface area contributed by atoms with Gasteiger partial charge in [-0.2, -0.15) is 16.8 Å². The Morgan fingerprint density at radius 2 is 0.857 bits per heavy atom. The van der Waals surface area contributed by atoms with Gasteiger partial charge in [0.05, 0.1) is 0 Å². The van der Waals surface area contributed by atoms with Crippen LogP contribution in [0.15, 0.2) is 0 Å². The lowest BCUT2D eigenvalue weighted by Gasteiger charge is -2.47. The third-order valence-electron chi connectivity index (χ3n) is 4.61. The van der Waals surface area contributed by atoms with Crippen molar-refractivity contribution in [2.45, 2.75) is 59.5 Å². The molecule has 0 rings (SSSR count). The van der Waals surface area contributed by atoms with Gasteiger partial charge in [0.25, 0.3) is 20.2 Å². The van der Waals surface area contributed by atoms with Crippen molar-refractivity contribution < 1.29 is 25.9 Å². The van der Waals surface area contributed by atoms with Crippen molar-refractivity contribution in [1.82, 2.24) is 0 Å². The van der Waals surface area contributed by atoms with E-state index in [4.69, 9.17) is 0 Å². The highest BCUT2D eigenvalue weighted by Gasteiger charge is 2.66. The number of hydrogen-bond acceptors (Lipinski definition) is 4. The molecule has 0 spiro atoms. The smallest absolute Gasteiger partial charge is 0.284 e. The summed E-state index contributed by atoms with van der Waals surface area (Å²) in [6.45, 7) is 12.8. The first-order valence-corrected chi connectivity index (χ1v) is 9.63. The largest absolute Gasteiger partial charge is 0.288 e. The van der Waals surface area contributed by atoms with Crippen molar-refractivity contribution in [3.8, 4) is 0 Å². The van der Waals surface area contributed by atoms with Crippen molar-refractivity contribution in [2.75, 3.05) is 0 Å². The molecule has 0 saturated carbocycles. The van der Waals surface area contributed by atoms with E-state index in [0.717, 1.165) is 0 Å². The Morgan fingerprint density at radius 1 is 0.667 bits per heavy atom. The second-order valence-electron chi connectivity index (χ2n) is 7.85. The molecule has 0 aliphatic carbocycles. The standard InChI is InChI=1S/C13H28O6S2/c1-9(11(3,4)5)13(20(14,15)16,21(17,18)19)10(2)12(6,7)8/h9-10H,1-8H3,(H,14,15,16)(H,17,18,19). The first-order valence-electron chi connectivity index (χ1n) is 6.75. The van der Waals surface area contributed by atoms with Crippen LogP contribution in [0, 0.1) is 22.7 Å². The maximum absolute atomic E-state index is 12.1. The zero-order valence-electron chi connectivity index (χ0n) is 14.0. The Hall–Kier alpha value is -0.180. The van der Waals surface area contributed by atoms with Crippen molar-refractivity contribution in [2.24, 2.45) is 22.7 Å². The van der Waals surface area contributed by atoms with E-state index in [2.05, 4.69) is 0 Å². The van der Waals surface area contributed by atoms with E-state index >= 15 is 0 Å². The zero-order valence-corrected chi connectivity index (χ0v) is 15.6. The molecular weight excluding hydrogens is 316 g/mol. The molecule has 0 aromatic carbocycles. The summed E-state index contributed by atoms with van der Waals surface area (Å²) >= 11 is 0. The van der Waals surface area contributed by atoms with Gasteiger partial charge in [-0.15, -0.1) is 0 Å². The topological polar surface area (TPSA) is 109 Å². The van der Waals surface area contributed by atoms with Gasteiger partial charge < -0.3 is 0 Å². The second-order valence-corrected chi connectivity index (χ2v) is 11.4. The molecule has 0 heterocycles. The minimum Gasteiger partial charge on any atom is -0.284 e. The highest BCUT2D eigenvalue weighted by atomic mass is 32.3. The minimum absolute atomic E-state index is 0.773. The molecule has 0 fully saturated rings. The lowest BCUT2D eigenvalue weighted by molar-refractivity contribution is 0.125. The van der Waals surface area contributed by atoms with E-state index in [-0.39, 0.29) is 0 Å². The summed E-state index contributed by atoms with van der Waals surface area (Å²) in [5, 5.41) is 0. The SMILES string of the molecule is CC(C(C)(C)C)C(C(C)C(C)(C)C)(S(=O)(=O)O)S(=O)(=O)O. The maximum Gasteiger partial charge on any atom is 0.288 e. The second kappa shape index (κ2) is 5.47. The predicted molar refractivity (Wildman–Crippen MR) is 83.1 cm³/mol. The Balaban J connectivity index is 6.92. The zero-order chi connectivity index (χ0) is 17.7. The summed E-state index contributed by atoms with van der Waals surface area (Å²) in [4.78, 5) is 0. The van der Waals surface area contributed by atoms with Crippen LogP contribution in [0.5, 0.6) is 0 Å². The summed E-state index contributed by atoms with van der Waals surface area (Å²) < 4.78 is 65.2. The van der Waals surface area contributed by atoms with Crippen LogP contribution in [0.4, 0.5) is 0 Å². The van der Waals surface area contributed by atoms with Crippen molar-refractivity contribution >= 4 is 20.2 Å². The van der Waals surface area contributed by atoms with E-state index in [9.17, 15) is 25.9 Å². The number of rotatable bonds is 4. The summed E-state index contributed by atoms with van der Waals surface area (Å²) in [5.74, 6) is -2.08. The molecule has 0 aromatic heterocycles. The Bertz CT molecular complexity index is 521. The highest BCUT2D eigenvalue weighted by Crippen LogP contribution is 2.51. The fourth-order valence-electron chi connectivity index (χ4n) is 2.61. The van der Waals surface area contributed by atoms with Crippen LogP contribution in [0.2, 0.25) is 0 Å². The van der Waals surface area contributed by atoms with E-state index in [1.165, 1.54) is 13.8 Å². The summed E-state index contributed by atoms with van der Waals surface area (Å²) in [6, 6.07) is 0. The fourth-order valence-corrected chi connectivity index (χ4v) is 6.87. The lowest BCUT2D eigenvalue weighted by atomic mass is 9.70. The summed E-state index contributed by atoms with van der Waals surface area (Å²) in [7, 11) is -10.2. The van der Waals surface area contributed by atoms with Crippen LogP contribution < -0.4 is 0 Å². The Kier molecular flexibility index (Phi) is 5.42. The van der Waals surface area contributed by atoms with E-state index < -0.39 is 47.0 Å². The molecule has 128 valence electrons. The van der Waals surface area contributed by atoms with Gasteiger partial charge in [-0.1, -0.05) is 55.4 Å². The van der Waals surface area contributed by atoms with Crippen LogP contribution in [0.1, 0.15) is 55.4 Å². The van der Waals surface area contributed by atoms with Gasteiger partial charge in [-0.25, -0.2) is 0 Å². The normalized spacial score (nSPS) is 18.4. The van der Waals surface area contributed by atoms with Gasteiger partial charge in [0.2, 0.25) is 4.08 Å². The molecule has 2 atom stereocenters. The van der Waals surface area contributed by atoms with Gasteiger partial charge in [-0.3, -0.25) is 9.11 Å². The molecule has 2 unspecified atom stereocenters. The first-order chi connectivity index (χ1) is 8.81. The minimum atomic E-state index is -5.09. The molecule has 0 aliphatic rings. The molecule has 6 nitrogen and oxygen atoms in total. The molecule has 0 amide bonds. The van der Waals surface area contributed by atoms with E-state index in [0.29, 0.717) is 0 Å². The third-order valence-corrected chi connectivity index (χ3v) is 8.90. The quantitative estimate of drug-likeness (QED) is 0.759. The van der Waals surface area contributed by atoms with Crippen LogP contribution in [-0.2, 0) is 20.2 Å². The molecule has 0 saturated heterocycles. The van der Waals surface area contributed by atoms with Crippen LogP contribution in [-0.4, -0.2) is 30.0 Å². The van der Waals surface area contributed by atoms with Gasteiger partial charge in [0.1, 0.15) is 0 Å². The monoisotopic (exact) mass is 344 g/mol. The fraction of sp³-hybridized carbons (Fsp3) is 1.00. The molecule has 0 radical (unpaired) electrons. The molecule has 8 heteroatoms. The van der Waals surface area contributed by atoms with E-state index in [1.54, 1.807) is 41.5 Å². The van der Waals surface area contributed by atoms with Crippen LogP contribution in [0.25, 0.3) is 0 Å². The maximum atomic E-state index is 12.1. The van der Waals surface area contributed by atoms with Crippen molar-refractivity contribution in [1.29, 1.82) is 0 Å². The molecular formula is C13H28O6S2. The molecule has 21 heavy (non-hydrogen) atoms. The van der Waals surface area contributed by atoms with Crippen molar-refractivity contribution in [3.63, 3.8) is 0 Å². The van der Waals surface area contributed by atoms with Crippen molar-refractivity contribution in [3.05, 3.63) is 0 Å². The summed E-state index contributed by atoms with van der Waals surface area (Å²) in [6.07, 6.45) is 0. The Labute approximate surface area is 128 Å². The predicted octanol–water partition coefficient (Wildman–Crippen LogP) is 2.82. The number of hydrogen-bond donors (Lipinski definition) is 2. The average molecular weight is 344 g/mol. The summed E-state index contributed by atoms with van der Waals surface area (Å²) in [5.41, 5.74) is -1.55. The van der Waals surface area contributed by atoms with Crippen LogP contribution in [0.3, 0.4) is 0 Å². The highest BCUT2D eigenvalue weighted by molar-refractivity contribution is 8.05. The molecule has 0 aliphatic heterocycles. The molecule has 2 N–H and O–H groups in total. The average Bonchev–Trinajstić information content (AvgIpc) is 2.10. The Morgan fingerprint density at radius 3 is 0.952 bits per heavy atom. The van der Waals surface area contributed by atoms with Gasteiger partial charge >= 0.3 is 0 Å². The molecule has 0 aromatic rings. The third kappa shape index (κ3) is 3.60. The first kappa shape index (κ1) is 20.8. The lowest BCUT2D eigenvalue weighted by Crippen LogP contribution is -2.61. The van der Waals surface area contributed by atoms with Crippen LogP contribution >= 0.6 is 0 Å². The van der Waals surface area contributed by atoms with Gasteiger partial charge in [0, 0.05) is 0 Å². The van der Waals surface area contributed by atoms with E-state index in [1.807, 2.05) is 0 Å². The van der Waals surface area contributed by atoms with Gasteiger partial charge in [0.15, 0.2) is 0 Å². The molecule has 0 bridgehead atoms.